The van der Waals surface area contributed by atoms with Crippen LogP contribution in [-0.4, -0.2) is 46.4 Å². The molecule has 0 spiro atoms. The number of nitrogens with zero attached hydrogens (tertiary/aromatic N) is 1. The van der Waals surface area contributed by atoms with Gasteiger partial charge in [0.2, 0.25) is 0 Å². The van der Waals surface area contributed by atoms with E-state index in [0.29, 0.717) is 0 Å². The number of aliphatic imine (C=N–C) groups is 1. The Labute approximate surface area is 185 Å². The number of ether oxygens (including phenoxy) is 2. The average molecular weight is 501 g/mol. The number of hydrogen-bond donors (Lipinski definition) is 2. The molecule has 0 atom stereocenters. The van der Waals surface area contributed by atoms with Crippen LogP contribution < -0.4 is 15.4 Å². The van der Waals surface area contributed by atoms with E-state index in [9.17, 15) is 0 Å². The van der Waals surface area contributed by atoms with E-state index in [0.717, 1.165) is 69.4 Å². The molecule has 0 saturated carbocycles. The largest absolute Gasteiger partial charge is 0.497 e. The summed E-state index contributed by atoms with van der Waals surface area (Å²) in [5, 5.41) is 6.79. The second-order valence-corrected chi connectivity index (χ2v) is 6.21. The van der Waals surface area contributed by atoms with Crippen LogP contribution in [0.25, 0.3) is 0 Å². The van der Waals surface area contributed by atoms with Gasteiger partial charge in [0.05, 0.1) is 13.4 Å². The molecule has 28 heavy (non-hydrogen) atoms. The van der Waals surface area contributed by atoms with Crippen molar-refractivity contribution in [1.29, 1.82) is 0 Å². The molecule has 2 aromatic rings. The van der Waals surface area contributed by atoms with Crippen molar-refractivity contribution < 1.29 is 13.9 Å². The summed E-state index contributed by atoms with van der Waals surface area (Å²) in [5.41, 5.74) is 1.26. The van der Waals surface area contributed by atoms with Crippen LogP contribution in [0.1, 0.15) is 24.2 Å². The van der Waals surface area contributed by atoms with E-state index in [4.69, 9.17) is 13.9 Å². The van der Waals surface area contributed by atoms with E-state index < -0.39 is 0 Å². The summed E-state index contributed by atoms with van der Waals surface area (Å²) in [4.78, 5) is 4.66. The maximum atomic E-state index is 5.37. The minimum atomic E-state index is 0. The molecule has 6 nitrogen and oxygen atoms in total. The van der Waals surface area contributed by atoms with Crippen molar-refractivity contribution in [3.8, 4) is 5.75 Å². The molecule has 1 aromatic carbocycles. The predicted molar refractivity (Wildman–Crippen MR) is 124 cm³/mol. The number of halogens is 1. The lowest BCUT2D eigenvalue weighted by Gasteiger charge is -2.12. The lowest BCUT2D eigenvalue weighted by atomic mass is 10.1. The Morgan fingerprint density at radius 1 is 1.00 bits per heavy atom. The van der Waals surface area contributed by atoms with Crippen LogP contribution in [0.4, 0.5) is 0 Å². The molecular weight excluding hydrogens is 469 g/mol. The number of unbranched alkanes of at least 4 members (excludes halogenated alkanes) is 1. The quantitative estimate of drug-likeness (QED) is 0.201. The number of guanidine groups is 1. The normalized spacial score (nSPS) is 11.0. The Balaban J connectivity index is 0.00000392. The Bertz CT molecular complexity index is 645. The summed E-state index contributed by atoms with van der Waals surface area (Å²) >= 11 is 0. The summed E-state index contributed by atoms with van der Waals surface area (Å²) in [6, 6.07) is 12.1. The first-order valence-corrected chi connectivity index (χ1v) is 9.48. The molecule has 156 valence electrons. The van der Waals surface area contributed by atoms with Crippen LogP contribution >= 0.6 is 24.0 Å². The molecular formula is C21H32IN3O3. The molecule has 0 aliphatic heterocycles. The van der Waals surface area contributed by atoms with Gasteiger partial charge in [-0.15, -0.1) is 24.0 Å². The van der Waals surface area contributed by atoms with Gasteiger partial charge in [0, 0.05) is 39.8 Å². The first-order chi connectivity index (χ1) is 13.3. The molecule has 0 aliphatic carbocycles. The monoisotopic (exact) mass is 501 g/mol. The number of benzene rings is 1. The molecule has 7 heteroatoms. The highest BCUT2D eigenvalue weighted by atomic mass is 127. The van der Waals surface area contributed by atoms with Crippen LogP contribution in [0.3, 0.4) is 0 Å². The van der Waals surface area contributed by atoms with Crippen molar-refractivity contribution in [2.24, 2.45) is 4.99 Å². The van der Waals surface area contributed by atoms with E-state index in [1.807, 2.05) is 24.3 Å². The molecule has 0 amide bonds. The minimum Gasteiger partial charge on any atom is -0.497 e. The van der Waals surface area contributed by atoms with Gasteiger partial charge in [-0.25, -0.2) is 0 Å². The van der Waals surface area contributed by atoms with Crippen molar-refractivity contribution >= 4 is 29.9 Å². The van der Waals surface area contributed by atoms with E-state index in [1.165, 1.54) is 5.56 Å². The summed E-state index contributed by atoms with van der Waals surface area (Å²) in [5.74, 6) is 2.69. The number of rotatable bonds is 12. The zero-order valence-corrected chi connectivity index (χ0v) is 19.1. The van der Waals surface area contributed by atoms with Gasteiger partial charge >= 0.3 is 0 Å². The first kappa shape index (κ1) is 24.3. The molecule has 0 radical (unpaired) electrons. The Morgan fingerprint density at radius 2 is 1.75 bits per heavy atom. The third-order valence-corrected chi connectivity index (χ3v) is 4.14. The standard InChI is InChI=1S/C21H31N3O3.HI/c1-25-16-4-3-13-22-21(24-15-12-20-6-5-17-27-20)23-14-11-18-7-9-19(26-2)10-8-18;/h5-10,17H,3-4,11-16H2,1-2H3,(H2,22,23,24);1H. The highest BCUT2D eigenvalue weighted by molar-refractivity contribution is 14.0. The molecule has 0 unspecified atom stereocenters. The highest BCUT2D eigenvalue weighted by Crippen LogP contribution is 2.11. The Hall–Kier alpha value is -1.74. The Morgan fingerprint density at radius 3 is 2.39 bits per heavy atom. The number of hydrogen-bond acceptors (Lipinski definition) is 4. The summed E-state index contributed by atoms with van der Waals surface area (Å²) < 4.78 is 15.7. The maximum absolute atomic E-state index is 5.37. The van der Waals surface area contributed by atoms with Crippen molar-refractivity contribution in [2.75, 3.05) is 40.5 Å². The van der Waals surface area contributed by atoms with Crippen molar-refractivity contribution in [2.45, 2.75) is 25.7 Å². The summed E-state index contributed by atoms with van der Waals surface area (Å²) in [6.45, 7) is 3.15. The van der Waals surface area contributed by atoms with Crippen LogP contribution in [0.15, 0.2) is 52.1 Å². The fourth-order valence-electron chi connectivity index (χ4n) is 2.60. The zero-order valence-electron chi connectivity index (χ0n) is 16.8. The minimum absolute atomic E-state index is 0. The second kappa shape index (κ2) is 15.2. The SMILES string of the molecule is COCCCCN=C(NCCc1ccc(OC)cc1)NCCc1ccco1.I. The molecule has 0 saturated heterocycles. The van der Waals surface area contributed by atoms with Crippen molar-refractivity contribution in [3.05, 3.63) is 54.0 Å². The number of methoxy groups -OCH3 is 2. The topological polar surface area (TPSA) is 68.0 Å². The van der Waals surface area contributed by atoms with Gasteiger partial charge < -0.3 is 24.5 Å². The second-order valence-electron chi connectivity index (χ2n) is 6.21. The molecule has 1 heterocycles. The summed E-state index contributed by atoms with van der Waals surface area (Å²) in [7, 11) is 3.41. The first-order valence-electron chi connectivity index (χ1n) is 9.48. The molecule has 2 rings (SSSR count). The van der Waals surface area contributed by atoms with Crippen LogP contribution in [0.2, 0.25) is 0 Å². The Kier molecular flexibility index (Phi) is 13.2. The van der Waals surface area contributed by atoms with Gasteiger partial charge in [0.15, 0.2) is 5.96 Å². The number of furan rings is 1. The molecule has 0 bridgehead atoms. The maximum Gasteiger partial charge on any atom is 0.191 e. The van der Waals surface area contributed by atoms with Crippen LogP contribution in [0, 0.1) is 0 Å². The number of nitrogens with one attached hydrogen (secondary N) is 2. The average Bonchev–Trinajstić information content (AvgIpc) is 3.21. The highest BCUT2D eigenvalue weighted by Gasteiger charge is 2.01. The molecule has 1 aromatic heterocycles. The van der Waals surface area contributed by atoms with E-state index in [2.05, 4.69) is 27.8 Å². The van der Waals surface area contributed by atoms with Gasteiger partial charge in [-0.05, 0) is 49.1 Å². The zero-order chi connectivity index (χ0) is 19.2. The third-order valence-electron chi connectivity index (χ3n) is 4.14. The van der Waals surface area contributed by atoms with Gasteiger partial charge in [-0.3, -0.25) is 4.99 Å². The molecule has 2 N–H and O–H groups in total. The van der Waals surface area contributed by atoms with E-state index >= 15 is 0 Å². The fourth-order valence-corrected chi connectivity index (χ4v) is 2.60. The van der Waals surface area contributed by atoms with Crippen LogP contribution in [0.5, 0.6) is 5.75 Å². The molecule has 0 fully saturated rings. The predicted octanol–water partition coefficient (Wildman–Crippen LogP) is 3.65. The smallest absolute Gasteiger partial charge is 0.191 e. The van der Waals surface area contributed by atoms with Crippen molar-refractivity contribution in [3.63, 3.8) is 0 Å². The third kappa shape index (κ3) is 9.98. The summed E-state index contributed by atoms with van der Waals surface area (Å²) in [6.07, 6.45) is 5.48. The van der Waals surface area contributed by atoms with Gasteiger partial charge in [-0.1, -0.05) is 12.1 Å². The van der Waals surface area contributed by atoms with Gasteiger partial charge in [-0.2, -0.15) is 0 Å². The molecule has 0 aliphatic rings. The fraction of sp³-hybridized carbons (Fsp3) is 0.476. The van der Waals surface area contributed by atoms with E-state index in [1.54, 1.807) is 20.5 Å². The lowest BCUT2D eigenvalue weighted by molar-refractivity contribution is 0.193. The van der Waals surface area contributed by atoms with Gasteiger partial charge in [0.1, 0.15) is 11.5 Å². The van der Waals surface area contributed by atoms with Crippen LogP contribution in [-0.2, 0) is 17.6 Å². The van der Waals surface area contributed by atoms with Crippen molar-refractivity contribution in [1.82, 2.24) is 10.6 Å². The van der Waals surface area contributed by atoms with E-state index in [-0.39, 0.29) is 24.0 Å². The van der Waals surface area contributed by atoms with Gasteiger partial charge in [0.25, 0.3) is 0 Å². The lowest BCUT2D eigenvalue weighted by Crippen LogP contribution is -2.39.